The Bertz CT molecular complexity index is 1020. The summed E-state index contributed by atoms with van der Waals surface area (Å²) in [5.74, 6) is 0.951. The number of carboxylic acid groups (broad SMARTS) is 1. The molecule has 32 heavy (non-hydrogen) atoms. The molecule has 170 valence electrons. The second-order valence-corrected chi connectivity index (χ2v) is 9.72. The van der Waals surface area contributed by atoms with Crippen molar-refractivity contribution in [1.29, 1.82) is 0 Å². The molecule has 2 aromatic rings. The van der Waals surface area contributed by atoms with Gasteiger partial charge in [-0.15, -0.1) is 11.3 Å². The lowest BCUT2D eigenvalue weighted by atomic mass is 9.68. The van der Waals surface area contributed by atoms with Crippen molar-refractivity contribution < 1.29 is 19.4 Å². The molecule has 1 saturated carbocycles. The Morgan fingerprint density at radius 1 is 1.34 bits per heavy atom. The van der Waals surface area contributed by atoms with E-state index in [9.17, 15) is 9.90 Å². The maximum atomic E-state index is 12.7. The molecule has 2 N–H and O–H groups in total. The van der Waals surface area contributed by atoms with Crippen LogP contribution < -0.4 is 14.8 Å². The first kappa shape index (κ1) is 21.3. The van der Waals surface area contributed by atoms with Crippen molar-refractivity contribution in [3.63, 3.8) is 0 Å². The van der Waals surface area contributed by atoms with Crippen LogP contribution in [0.3, 0.4) is 0 Å². The predicted octanol–water partition coefficient (Wildman–Crippen LogP) is 4.19. The van der Waals surface area contributed by atoms with Crippen LogP contribution in [0.15, 0.2) is 34.6 Å². The van der Waals surface area contributed by atoms with Crippen molar-refractivity contribution >= 4 is 28.6 Å². The van der Waals surface area contributed by atoms with Gasteiger partial charge in [0, 0.05) is 18.2 Å². The van der Waals surface area contributed by atoms with Gasteiger partial charge >= 0.3 is 5.97 Å². The summed E-state index contributed by atoms with van der Waals surface area (Å²) in [6.45, 7) is 3.87. The molecular formula is C24H29N3O4S. The van der Waals surface area contributed by atoms with Gasteiger partial charge < -0.3 is 24.8 Å². The van der Waals surface area contributed by atoms with E-state index >= 15 is 0 Å². The van der Waals surface area contributed by atoms with Gasteiger partial charge in [0.2, 0.25) is 6.79 Å². The van der Waals surface area contributed by atoms with Gasteiger partial charge in [-0.1, -0.05) is 19.4 Å². The van der Waals surface area contributed by atoms with E-state index in [0.717, 1.165) is 54.3 Å². The molecule has 2 aliphatic heterocycles. The number of nitrogens with one attached hydrogen (secondary N) is 1. The van der Waals surface area contributed by atoms with Gasteiger partial charge in [-0.25, -0.2) is 9.79 Å². The van der Waals surface area contributed by atoms with E-state index in [1.54, 1.807) is 17.7 Å². The lowest BCUT2D eigenvalue weighted by Crippen LogP contribution is -2.62. The number of fused-ring (bicyclic) bond motifs is 2. The fraction of sp³-hybridized carbons (Fsp3) is 0.500. The van der Waals surface area contributed by atoms with E-state index in [0.29, 0.717) is 19.0 Å². The number of carbonyl (C=O) groups is 1. The van der Waals surface area contributed by atoms with Crippen molar-refractivity contribution in [2.45, 2.75) is 57.2 Å². The summed E-state index contributed by atoms with van der Waals surface area (Å²) in [7, 11) is 0. The molecule has 7 nitrogen and oxygen atoms in total. The highest BCUT2D eigenvalue weighted by Gasteiger charge is 2.52. The predicted molar refractivity (Wildman–Crippen MR) is 124 cm³/mol. The molecule has 1 aliphatic carbocycles. The molecule has 3 aliphatic rings. The number of thiophene rings is 1. The van der Waals surface area contributed by atoms with Crippen LogP contribution in [-0.2, 0) is 17.8 Å². The molecule has 1 aromatic carbocycles. The minimum Gasteiger partial charge on any atom is -0.479 e. The minimum absolute atomic E-state index is 0.0587. The van der Waals surface area contributed by atoms with Crippen LogP contribution in [0, 0.1) is 5.92 Å². The third kappa shape index (κ3) is 3.75. The van der Waals surface area contributed by atoms with Crippen molar-refractivity contribution in [3.05, 3.63) is 40.8 Å². The van der Waals surface area contributed by atoms with E-state index in [1.165, 1.54) is 5.56 Å². The lowest BCUT2D eigenvalue weighted by Gasteiger charge is -2.50. The maximum Gasteiger partial charge on any atom is 0.329 e. The number of carboxylic acids is 1. The van der Waals surface area contributed by atoms with Gasteiger partial charge in [-0.05, 0) is 67.3 Å². The fourth-order valence-corrected chi connectivity index (χ4v) is 6.15. The largest absolute Gasteiger partial charge is 0.479 e. The zero-order valence-corrected chi connectivity index (χ0v) is 19.1. The van der Waals surface area contributed by atoms with Crippen LogP contribution in [0.5, 0.6) is 11.5 Å². The van der Waals surface area contributed by atoms with E-state index in [2.05, 4.69) is 29.4 Å². The topological polar surface area (TPSA) is 83.4 Å². The standard InChI is InChI=1S/C24H29N3O4S/c1-2-18-12-19(25-9-6-16-3-4-20-21(11-16)31-15-30-20)5-8-24(18,23(28)29)27-13-17-7-10-32-22(17)26-14-27/h3-4,7,10-11,14,18-19,25H,2,5-6,8-9,12-13,15H2,1H3,(H,28,29). The molecule has 0 saturated heterocycles. The van der Waals surface area contributed by atoms with Crippen LogP contribution in [0.4, 0.5) is 5.00 Å². The summed E-state index contributed by atoms with van der Waals surface area (Å²) in [4.78, 5) is 19.2. The van der Waals surface area contributed by atoms with Gasteiger partial charge in [-0.2, -0.15) is 0 Å². The molecule has 3 unspecified atom stereocenters. The number of aliphatic imine (C=N–C) groups is 1. The first-order valence-electron chi connectivity index (χ1n) is 11.3. The average molecular weight is 456 g/mol. The monoisotopic (exact) mass is 455 g/mol. The highest BCUT2D eigenvalue weighted by atomic mass is 32.1. The van der Waals surface area contributed by atoms with E-state index in [1.807, 2.05) is 22.4 Å². The Morgan fingerprint density at radius 2 is 2.22 bits per heavy atom. The maximum absolute atomic E-state index is 12.7. The molecule has 0 amide bonds. The second kappa shape index (κ2) is 8.75. The molecule has 0 radical (unpaired) electrons. The molecule has 3 heterocycles. The zero-order valence-electron chi connectivity index (χ0n) is 18.3. The summed E-state index contributed by atoms with van der Waals surface area (Å²) in [6, 6.07) is 8.47. The van der Waals surface area contributed by atoms with Gasteiger partial charge in [0.15, 0.2) is 11.5 Å². The van der Waals surface area contributed by atoms with Crippen LogP contribution >= 0.6 is 11.3 Å². The minimum atomic E-state index is -0.895. The summed E-state index contributed by atoms with van der Waals surface area (Å²) < 4.78 is 10.9. The van der Waals surface area contributed by atoms with Crippen LogP contribution in [0.1, 0.15) is 43.7 Å². The van der Waals surface area contributed by atoms with Gasteiger partial charge in [0.25, 0.3) is 0 Å². The molecule has 1 fully saturated rings. The SMILES string of the molecule is CCC1CC(NCCc2ccc3c(c2)OCO3)CCC1(C(=O)O)N1C=Nc2sccc2C1. The summed E-state index contributed by atoms with van der Waals surface area (Å²) >= 11 is 1.61. The fourth-order valence-electron chi connectivity index (χ4n) is 5.40. The lowest BCUT2D eigenvalue weighted by molar-refractivity contribution is -0.156. The molecule has 3 atom stereocenters. The van der Waals surface area contributed by atoms with Crippen LogP contribution in [-0.4, -0.2) is 47.2 Å². The Kier molecular flexibility index (Phi) is 5.82. The van der Waals surface area contributed by atoms with E-state index in [4.69, 9.17) is 9.47 Å². The van der Waals surface area contributed by atoms with Crippen molar-refractivity contribution in [2.75, 3.05) is 13.3 Å². The Hall–Kier alpha value is -2.58. The number of aliphatic carboxylic acids is 1. The number of ether oxygens (including phenoxy) is 2. The van der Waals surface area contributed by atoms with Gasteiger partial charge in [0.05, 0.1) is 6.34 Å². The van der Waals surface area contributed by atoms with Crippen molar-refractivity contribution in [1.82, 2.24) is 10.2 Å². The molecule has 0 bridgehead atoms. The summed E-state index contributed by atoms with van der Waals surface area (Å²) in [6.07, 6.45) is 5.80. The van der Waals surface area contributed by atoms with E-state index < -0.39 is 11.5 Å². The van der Waals surface area contributed by atoms with E-state index in [-0.39, 0.29) is 12.7 Å². The molecular weight excluding hydrogens is 426 g/mol. The third-order valence-electron chi connectivity index (χ3n) is 7.16. The van der Waals surface area contributed by atoms with Crippen molar-refractivity contribution in [2.24, 2.45) is 10.9 Å². The van der Waals surface area contributed by atoms with Gasteiger partial charge in [-0.3, -0.25) is 0 Å². The third-order valence-corrected chi connectivity index (χ3v) is 8.02. The summed E-state index contributed by atoms with van der Waals surface area (Å²) in [5, 5.41) is 17.1. The number of nitrogens with zero attached hydrogens (tertiary/aromatic N) is 2. The zero-order chi connectivity index (χ0) is 22.1. The first-order valence-corrected chi connectivity index (χ1v) is 12.2. The Labute approximate surface area is 192 Å². The first-order chi connectivity index (χ1) is 15.6. The second-order valence-electron chi connectivity index (χ2n) is 8.82. The highest BCUT2D eigenvalue weighted by Crippen LogP contribution is 2.43. The molecule has 8 heteroatoms. The molecule has 1 aromatic heterocycles. The normalized spacial score (nSPS) is 26.2. The highest BCUT2D eigenvalue weighted by molar-refractivity contribution is 7.14. The number of hydrogen-bond donors (Lipinski definition) is 2. The Morgan fingerprint density at radius 3 is 3.06 bits per heavy atom. The molecule has 0 spiro atoms. The number of hydrogen-bond acceptors (Lipinski definition) is 7. The smallest absolute Gasteiger partial charge is 0.329 e. The Balaban J connectivity index is 1.23. The van der Waals surface area contributed by atoms with Crippen molar-refractivity contribution in [3.8, 4) is 11.5 Å². The quantitative estimate of drug-likeness (QED) is 0.652. The number of benzene rings is 1. The van der Waals surface area contributed by atoms with Crippen LogP contribution in [0.25, 0.3) is 0 Å². The summed E-state index contributed by atoms with van der Waals surface area (Å²) in [5.41, 5.74) is 1.44. The molecule has 5 rings (SSSR count). The average Bonchev–Trinajstić information content (AvgIpc) is 3.47. The van der Waals surface area contributed by atoms with Crippen LogP contribution in [0.2, 0.25) is 0 Å². The van der Waals surface area contributed by atoms with Gasteiger partial charge in [0.1, 0.15) is 10.5 Å². The number of rotatable bonds is 7.